The van der Waals surface area contributed by atoms with Gasteiger partial charge in [-0.1, -0.05) is 11.6 Å². The Bertz CT molecular complexity index is 717. The van der Waals surface area contributed by atoms with Crippen LogP contribution in [0.15, 0.2) is 23.1 Å². The maximum atomic E-state index is 12.5. The molecule has 0 spiro atoms. The number of nitrogens with zero attached hydrogens (tertiary/aromatic N) is 1. The van der Waals surface area contributed by atoms with Crippen LogP contribution in [-0.2, 0) is 19.6 Å². The van der Waals surface area contributed by atoms with Gasteiger partial charge in [-0.15, -0.1) is 0 Å². The van der Waals surface area contributed by atoms with Gasteiger partial charge in [0.2, 0.25) is 10.0 Å². The van der Waals surface area contributed by atoms with Crippen molar-refractivity contribution in [3.8, 4) is 0 Å². The predicted molar refractivity (Wildman–Crippen MR) is 77.3 cm³/mol. The molecule has 1 saturated heterocycles. The molecular weight excluding hydrogens is 334 g/mol. The second-order valence-corrected chi connectivity index (χ2v) is 7.14. The van der Waals surface area contributed by atoms with Gasteiger partial charge in [-0.2, -0.15) is 4.31 Å². The van der Waals surface area contributed by atoms with Crippen molar-refractivity contribution in [2.75, 3.05) is 20.2 Å². The Morgan fingerprint density at radius 3 is 2.59 bits per heavy atom. The quantitative estimate of drug-likeness (QED) is 0.822. The number of carboxylic acid groups (broad SMARTS) is 1. The van der Waals surface area contributed by atoms with E-state index in [4.69, 9.17) is 16.7 Å². The summed E-state index contributed by atoms with van der Waals surface area (Å²) in [7, 11) is -2.69. The van der Waals surface area contributed by atoms with E-state index in [-0.39, 0.29) is 35.0 Å². The van der Waals surface area contributed by atoms with Gasteiger partial charge in [0.1, 0.15) is 4.90 Å². The molecule has 0 radical (unpaired) electrons. The summed E-state index contributed by atoms with van der Waals surface area (Å²) in [6.45, 7) is 0.0289. The van der Waals surface area contributed by atoms with E-state index in [0.717, 1.165) is 4.31 Å². The second kappa shape index (κ2) is 6.23. The first-order valence-corrected chi connectivity index (χ1v) is 8.20. The van der Waals surface area contributed by atoms with Crippen LogP contribution < -0.4 is 0 Å². The highest BCUT2D eigenvalue weighted by Gasteiger charge is 2.36. The van der Waals surface area contributed by atoms with Crippen molar-refractivity contribution in [1.29, 1.82) is 0 Å². The van der Waals surface area contributed by atoms with E-state index in [9.17, 15) is 18.0 Å². The van der Waals surface area contributed by atoms with Gasteiger partial charge in [0.15, 0.2) is 0 Å². The number of esters is 1. The average Bonchev–Trinajstić information content (AvgIpc) is 2.96. The van der Waals surface area contributed by atoms with E-state index in [0.29, 0.717) is 0 Å². The van der Waals surface area contributed by atoms with E-state index in [1.807, 2.05) is 0 Å². The molecule has 1 heterocycles. The first kappa shape index (κ1) is 16.7. The molecule has 7 nitrogen and oxygen atoms in total. The molecule has 0 aliphatic carbocycles. The summed E-state index contributed by atoms with van der Waals surface area (Å²) in [5.41, 5.74) is 0.135. The molecule has 1 fully saturated rings. The fraction of sp³-hybridized carbons (Fsp3) is 0.385. The van der Waals surface area contributed by atoms with Crippen LogP contribution >= 0.6 is 11.6 Å². The zero-order valence-electron chi connectivity index (χ0n) is 11.7. The van der Waals surface area contributed by atoms with E-state index >= 15 is 0 Å². The van der Waals surface area contributed by atoms with Crippen LogP contribution in [0.2, 0.25) is 5.02 Å². The number of methoxy groups -OCH3 is 1. The normalized spacial score (nSPS) is 19.1. The van der Waals surface area contributed by atoms with Crippen LogP contribution in [0.1, 0.15) is 16.8 Å². The van der Waals surface area contributed by atoms with Crippen molar-refractivity contribution in [2.24, 2.45) is 5.92 Å². The van der Waals surface area contributed by atoms with Crippen molar-refractivity contribution in [1.82, 2.24) is 4.31 Å². The summed E-state index contributed by atoms with van der Waals surface area (Å²) in [6.07, 6.45) is 0.256. The minimum Gasteiger partial charge on any atom is -0.481 e. The highest BCUT2D eigenvalue weighted by molar-refractivity contribution is 7.89. The van der Waals surface area contributed by atoms with Gasteiger partial charge in [-0.3, -0.25) is 4.79 Å². The van der Waals surface area contributed by atoms with E-state index < -0.39 is 27.9 Å². The summed E-state index contributed by atoms with van der Waals surface area (Å²) >= 11 is 5.96. The zero-order chi connectivity index (χ0) is 16.5. The molecule has 1 N–H and O–H groups in total. The number of carbonyl (C=O) groups is 2. The topological polar surface area (TPSA) is 101 Å². The third-order valence-electron chi connectivity index (χ3n) is 3.47. The van der Waals surface area contributed by atoms with E-state index in [2.05, 4.69) is 4.74 Å². The van der Waals surface area contributed by atoms with Gasteiger partial charge < -0.3 is 9.84 Å². The minimum absolute atomic E-state index is 0.0905. The van der Waals surface area contributed by atoms with E-state index in [1.165, 1.54) is 25.3 Å². The molecule has 0 bridgehead atoms. The molecule has 9 heteroatoms. The molecule has 1 unspecified atom stereocenters. The third kappa shape index (κ3) is 3.08. The lowest BCUT2D eigenvalue weighted by Crippen LogP contribution is -2.30. The first-order valence-electron chi connectivity index (χ1n) is 6.38. The molecule has 1 aliphatic heterocycles. The molecule has 0 saturated carbocycles. The number of carboxylic acids is 1. The van der Waals surface area contributed by atoms with Crippen molar-refractivity contribution in [3.05, 3.63) is 28.8 Å². The summed E-state index contributed by atoms with van der Waals surface area (Å²) in [5.74, 6) is -2.37. The largest absolute Gasteiger partial charge is 0.481 e. The summed E-state index contributed by atoms with van der Waals surface area (Å²) < 4.78 is 30.6. The van der Waals surface area contributed by atoms with Crippen molar-refractivity contribution in [2.45, 2.75) is 11.3 Å². The predicted octanol–water partition coefficient (Wildman–Crippen LogP) is 1.22. The molecular formula is C13H14ClNO6S. The standard InChI is InChI=1S/C13H14ClNO6S/c1-21-13(18)8-2-3-11(10(14)6-8)22(19,20)15-5-4-9(7-15)12(16)17/h2-3,6,9H,4-5,7H2,1H3,(H,16,17). The first-order chi connectivity index (χ1) is 10.3. The Balaban J connectivity index is 2.31. The number of carbonyl (C=O) groups excluding carboxylic acids is 1. The van der Waals surface area contributed by atoms with Crippen LogP contribution in [0.25, 0.3) is 0 Å². The molecule has 1 atom stereocenters. The average molecular weight is 348 g/mol. The molecule has 1 aromatic carbocycles. The number of sulfonamides is 1. The van der Waals surface area contributed by atoms with Crippen LogP contribution in [0.3, 0.4) is 0 Å². The number of benzene rings is 1. The van der Waals surface area contributed by atoms with Crippen molar-refractivity contribution >= 4 is 33.6 Å². The van der Waals surface area contributed by atoms with Gasteiger partial charge in [0.05, 0.1) is 23.6 Å². The summed E-state index contributed by atoms with van der Waals surface area (Å²) in [5, 5.41) is 8.84. The summed E-state index contributed by atoms with van der Waals surface area (Å²) in [4.78, 5) is 22.2. The highest BCUT2D eigenvalue weighted by atomic mass is 35.5. The maximum Gasteiger partial charge on any atom is 0.337 e. The van der Waals surface area contributed by atoms with Gasteiger partial charge in [-0.25, -0.2) is 13.2 Å². The van der Waals surface area contributed by atoms with Crippen LogP contribution in [0.4, 0.5) is 0 Å². The Morgan fingerprint density at radius 1 is 1.41 bits per heavy atom. The monoisotopic (exact) mass is 347 g/mol. The Labute approximate surface area is 132 Å². The van der Waals surface area contributed by atoms with Crippen LogP contribution in [0, 0.1) is 5.92 Å². The lowest BCUT2D eigenvalue weighted by Gasteiger charge is -2.17. The fourth-order valence-corrected chi connectivity index (χ4v) is 4.26. The Kier molecular flexibility index (Phi) is 4.74. The number of aliphatic carboxylic acids is 1. The van der Waals surface area contributed by atoms with Gasteiger partial charge >= 0.3 is 11.9 Å². The fourth-order valence-electron chi connectivity index (χ4n) is 2.24. The zero-order valence-corrected chi connectivity index (χ0v) is 13.2. The van der Waals surface area contributed by atoms with E-state index in [1.54, 1.807) is 0 Å². The summed E-state index contributed by atoms with van der Waals surface area (Å²) in [6, 6.07) is 3.73. The molecule has 1 aromatic rings. The third-order valence-corrected chi connectivity index (χ3v) is 5.82. The highest BCUT2D eigenvalue weighted by Crippen LogP contribution is 2.29. The smallest absolute Gasteiger partial charge is 0.337 e. The van der Waals surface area contributed by atoms with Crippen molar-refractivity contribution < 1.29 is 27.9 Å². The molecule has 0 aromatic heterocycles. The minimum atomic E-state index is -3.90. The maximum absolute atomic E-state index is 12.5. The number of hydrogen-bond acceptors (Lipinski definition) is 5. The Hall–Kier alpha value is -1.64. The Morgan fingerprint density at radius 2 is 2.09 bits per heavy atom. The van der Waals surface area contributed by atoms with Crippen LogP contribution in [-0.4, -0.2) is 50.0 Å². The SMILES string of the molecule is COC(=O)c1ccc(S(=O)(=O)N2CCC(C(=O)O)C2)c(Cl)c1. The molecule has 1 aliphatic rings. The second-order valence-electron chi connectivity index (χ2n) is 4.82. The van der Waals surface area contributed by atoms with Gasteiger partial charge in [-0.05, 0) is 24.6 Å². The lowest BCUT2D eigenvalue weighted by molar-refractivity contribution is -0.141. The molecule has 0 amide bonds. The number of hydrogen-bond donors (Lipinski definition) is 1. The van der Waals surface area contributed by atoms with Gasteiger partial charge in [0.25, 0.3) is 0 Å². The number of ether oxygens (including phenoxy) is 1. The van der Waals surface area contributed by atoms with Gasteiger partial charge in [0, 0.05) is 13.1 Å². The number of halogens is 1. The number of rotatable bonds is 4. The van der Waals surface area contributed by atoms with Crippen LogP contribution in [0.5, 0.6) is 0 Å². The van der Waals surface area contributed by atoms with Crippen molar-refractivity contribution in [3.63, 3.8) is 0 Å². The lowest BCUT2D eigenvalue weighted by atomic mass is 10.1. The molecule has 120 valence electrons. The molecule has 22 heavy (non-hydrogen) atoms. The molecule has 2 rings (SSSR count).